The van der Waals surface area contributed by atoms with Gasteiger partial charge in [-0.15, -0.1) is 0 Å². The molecule has 4 aliphatic rings. The molecule has 2 heterocycles. The zero-order chi connectivity index (χ0) is 45.6. The summed E-state index contributed by atoms with van der Waals surface area (Å²) in [5, 5.41) is 0. The summed E-state index contributed by atoms with van der Waals surface area (Å²) in [4.78, 5) is 4.99. The normalized spacial score (nSPS) is 17.8. The smallest absolute Gasteiger partial charge is 0.0754 e. The number of rotatable bonds is 3. The first kappa shape index (κ1) is 39.7. The minimum Gasteiger partial charge on any atom is -0.310 e. The van der Waals surface area contributed by atoms with Gasteiger partial charge in [0.2, 0.25) is 0 Å². The SMILES string of the molecule is C=C(C)c1ccc(N2c3ccccc3C3(c4ccccc4-c4cc5c(cc43)-c3ccccc3C53c4ccccc4N(c4ccc(C(C)(C)C)cc4)c4ccc(C)cc43)c3cc(C)ccc32)cc1. The number of hydrogen-bond acceptors (Lipinski definition) is 2. The van der Waals surface area contributed by atoms with Crippen molar-refractivity contribution in [3.63, 3.8) is 0 Å². The molecule has 2 atom stereocenters. The highest BCUT2D eigenvalue weighted by molar-refractivity contribution is 6.01. The van der Waals surface area contributed by atoms with Crippen LogP contribution in [0.15, 0.2) is 201 Å². The van der Waals surface area contributed by atoms with Crippen molar-refractivity contribution in [3.8, 4) is 22.3 Å². The summed E-state index contributed by atoms with van der Waals surface area (Å²) in [6.07, 6.45) is 0. The summed E-state index contributed by atoms with van der Waals surface area (Å²) in [5.74, 6) is 0. The van der Waals surface area contributed by atoms with Crippen LogP contribution in [0.4, 0.5) is 34.1 Å². The molecule has 2 unspecified atom stereocenters. The van der Waals surface area contributed by atoms with E-state index in [0.29, 0.717) is 0 Å². The van der Waals surface area contributed by atoms with Crippen molar-refractivity contribution < 1.29 is 0 Å². The second-order valence-corrected chi connectivity index (χ2v) is 20.4. The molecule has 0 bridgehead atoms. The average molecular weight is 861 g/mol. The number of fused-ring (bicyclic) bond motifs is 18. The van der Waals surface area contributed by atoms with E-state index in [4.69, 9.17) is 0 Å². The van der Waals surface area contributed by atoms with E-state index in [2.05, 4.69) is 252 Å². The quantitative estimate of drug-likeness (QED) is 0.175. The Bertz CT molecular complexity index is 3570. The molecule has 0 radical (unpaired) electrons. The lowest BCUT2D eigenvalue weighted by Crippen LogP contribution is -2.37. The van der Waals surface area contributed by atoms with Gasteiger partial charge in [0.1, 0.15) is 0 Å². The van der Waals surface area contributed by atoms with Gasteiger partial charge in [-0.1, -0.05) is 178 Å². The molecule has 0 saturated heterocycles. The first-order valence-corrected chi connectivity index (χ1v) is 23.8. The molecule has 13 rings (SSSR count). The third-order valence-electron chi connectivity index (χ3n) is 15.5. The maximum absolute atomic E-state index is 4.24. The van der Waals surface area contributed by atoms with Crippen LogP contribution in [0.1, 0.15) is 94.5 Å². The monoisotopic (exact) mass is 860 g/mol. The van der Waals surface area contributed by atoms with Crippen LogP contribution in [-0.2, 0) is 16.2 Å². The molecule has 0 aromatic heterocycles. The molecule has 322 valence electrons. The Morgan fingerprint density at radius 2 is 0.776 bits per heavy atom. The lowest BCUT2D eigenvalue weighted by molar-refractivity contribution is 0.590. The van der Waals surface area contributed by atoms with Crippen molar-refractivity contribution in [3.05, 3.63) is 267 Å². The van der Waals surface area contributed by atoms with Crippen LogP contribution in [0, 0.1) is 13.8 Å². The largest absolute Gasteiger partial charge is 0.310 e. The highest BCUT2D eigenvalue weighted by Crippen LogP contribution is 2.68. The Balaban J connectivity index is 1.11. The number of para-hydroxylation sites is 2. The molecular formula is C65H52N2. The predicted molar refractivity (Wildman–Crippen MR) is 280 cm³/mol. The van der Waals surface area contributed by atoms with Crippen LogP contribution < -0.4 is 9.80 Å². The summed E-state index contributed by atoms with van der Waals surface area (Å²) in [7, 11) is 0. The molecule has 0 fully saturated rings. The minimum absolute atomic E-state index is 0.0587. The molecule has 2 spiro atoms. The second-order valence-electron chi connectivity index (χ2n) is 20.4. The van der Waals surface area contributed by atoms with Crippen LogP contribution in [0.3, 0.4) is 0 Å². The van der Waals surface area contributed by atoms with Crippen molar-refractivity contribution >= 4 is 39.7 Å². The maximum atomic E-state index is 4.24. The third kappa shape index (κ3) is 5.22. The molecule has 9 aromatic rings. The number of anilines is 6. The first-order valence-electron chi connectivity index (χ1n) is 23.8. The number of benzene rings is 9. The van der Waals surface area contributed by atoms with Gasteiger partial charge >= 0.3 is 0 Å². The fraction of sp³-hybridized carbons (Fsp3) is 0.138. The van der Waals surface area contributed by atoms with Gasteiger partial charge in [-0.2, -0.15) is 0 Å². The summed E-state index contributed by atoms with van der Waals surface area (Å²) in [6, 6.07) is 74.6. The van der Waals surface area contributed by atoms with E-state index in [1.807, 2.05) is 0 Å². The van der Waals surface area contributed by atoms with Crippen molar-refractivity contribution in [1.29, 1.82) is 0 Å². The molecule has 9 aromatic carbocycles. The number of hydrogen-bond donors (Lipinski definition) is 0. The zero-order valence-corrected chi connectivity index (χ0v) is 39.1. The summed E-state index contributed by atoms with van der Waals surface area (Å²) in [6.45, 7) is 17.7. The summed E-state index contributed by atoms with van der Waals surface area (Å²) < 4.78 is 0. The molecule has 0 saturated carbocycles. The van der Waals surface area contributed by atoms with E-state index < -0.39 is 10.8 Å². The van der Waals surface area contributed by atoms with Gasteiger partial charge in [0, 0.05) is 11.4 Å². The average Bonchev–Trinajstić information content (AvgIpc) is 3.79. The third-order valence-corrected chi connectivity index (χ3v) is 15.5. The number of allylic oxidation sites excluding steroid dienone is 1. The Labute approximate surface area is 395 Å². The predicted octanol–water partition coefficient (Wildman–Crippen LogP) is 16.9. The van der Waals surface area contributed by atoms with Gasteiger partial charge in [-0.05, 0) is 165 Å². The van der Waals surface area contributed by atoms with E-state index in [1.54, 1.807) is 0 Å². The van der Waals surface area contributed by atoms with Gasteiger partial charge in [0.15, 0.2) is 0 Å². The fourth-order valence-corrected chi connectivity index (χ4v) is 12.6. The highest BCUT2D eigenvalue weighted by Gasteiger charge is 2.56. The van der Waals surface area contributed by atoms with E-state index in [9.17, 15) is 0 Å². The van der Waals surface area contributed by atoms with Crippen LogP contribution in [-0.4, -0.2) is 0 Å². The molecule has 2 heteroatoms. The van der Waals surface area contributed by atoms with Crippen molar-refractivity contribution in [1.82, 2.24) is 0 Å². The minimum atomic E-state index is -0.577. The van der Waals surface area contributed by atoms with Gasteiger partial charge < -0.3 is 9.80 Å². The molecule has 0 amide bonds. The molecule has 67 heavy (non-hydrogen) atoms. The standard InChI is InChI=1S/C65H52N2/c1-40(2)43-26-30-45(31-27-43)66-59-22-14-12-20-53(59)64(57-36-41(3)24-34-61(57)66)51-18-10-8-16-47(51)49-39-56-50(38-55(49)64)48-17-9-11-19-52(48)65(56)54-21-13-15-23-60(54)67(62-35-25-42(4)37-58(62)65)46-32-28-44(29-33-46)63(5,6)7/h8-39H,1H2,2-7H3. The second kappa shape index (κ2) is 13.9. The Morgan fingerprint density at radius 1 is 0.388 bits per heavy atom. The van der Waals surface area contributed by atoms with Crippen molar-refractivity contribution in [2.45, 2.75) is 57.8 Å². The van der Waals surface area contributed by atoms with Crippen LogP contribution >= 0.6 is 0 Å². The Kier molecular flexibility index (Phi) is 8.24. The van der Waals surface area contributed by atoms with E-state index in [1.165, 1.54) is 112 Å². The molecule has 2 nitrogen and oxygen atoms in total. The topological polar surface area (TPSA) is 6.48 Å². The Hall–Kier alpha value is -7.68. The van der Waals surface area contributed by atoms with Crippen molar-refractivity contribution in [2.75, 3.05) is 9.80 Å². The van der Waals surface area contributed by atoms with Gasteiger partial charge in [0.25, 0.3) is 0 Å². The van der Waals surface area contributed by atoms with E-state index >= 15 is 0 Å². The summed E-state index contributed by atoms with van der Waals surface area (Å²) in [5.41, 5.74) is 27.8. The maximum Gasteiger partial charge on any atom is 0.0754 e. The van der Waals surface area contributed by atoms with Crippen LogP contribution in [0.2, 0.25) is 0 Å². The fourth-order valence-electron chi connectivity index (χ4n) is 12.6. The molecular weight excluding hydrogens is 809 g/mol. The van der Waals surface area contributed by atoms with Crippen LogP contribution in [0.25, 0.3) is 27.8 Å². The zero-order valence-electron chi connectivity index (χ0n) is 39.1. The number of nitrogens with zero attached hydrogens (tertiary/aromatic N) is 2. The van der Waals surface area contributed by atoms with Gasteiger partial charge in [0.05, 0.1) is 33.6 Å². The first-order chi connectivity index (χ1) is 32.5. The summed E-state index contributed by atoms with van der Waals surface area (Å²) >= 11 is 0. The Morgan fingerprint density at radius 3 is 1.21 bits per heavy atom. The molecule has 2 aliphatic carbocycles. The lowest BCUT2D eigenvalue weighted by Gasteiger charge is -2.46. The van der Waals surface area contributed by atoms with E-state index in [0.717, 1.165) is 16.8 Å². The van der Waals surface area contributed by atoms with Crippen LogP contribution in [0.5, 0.6) is 0 Å². The van der Waals surface area contributed by atoms with E-state index in [-0.39, 0.29) is 5.41 Å². The van der Waals surface area contributed by atoms with Gasteiger partial charge in [-0.25, -0.2) is 0 Å². The molecule has 2 aliphatic heterocycles. The highest BCUT2D eigenvalue weighted by atomic mass is 15.2. The van der Waals surface area contributed by atoms with Crippen molar-refractivity contribution in [2.24, 2.45) is 0 Å². The molecule has 0 N–H and O–H groups in total. The van der Waals surface area contributed by atoms with Gasteiger partial charge in [-0.3, -0.25) is 0 Å². The lowest BCUT2D eigenvalue weighted by atomic mass is 9.63. The number of aryl methyl sites for hydroxylation is 2.